The predicted molar refractivity (Wildman–Crippen MR) is 312 cm³/mol. The molecule has 0 rings (SSSR count). The largest absolute Gasteiger partial charge is 0.462 e. The zero-order chi connectivity index (χ0) is 52.2. The maximum absolute atomic E-state index is 12.8. The van der Waals surface area contributed by atoms with Gasteiger partial charge in [-0.2, -0.15) is 0 Å². The Hall–Kier alpha value is -1.85. The molecular formula is C66H126O6. The van der Waals surface area contributed by atoms with Gasteiger partial charge in [0.15, 0.2) is 6.10 Å². The molecular weight excluding hydrogens is 889 g/mol. The van der Waals surface area contributed by atoms with Crippen molar-refractivity contribution in [3.05, 3.63) is 12.2 Å². The van der Waals surface area contributed by atoms with E-state index in [0.717, 1.165) is 64.2 Å². The van der Waals surface area contributed by atoms with Crippen molar-refractivity contribution >= 4 is 17.9 Å². The summed E-state index contributed by atoms with van der Waals surface area (Å²) in [7, 11) is 0. The molecule has 1 unspecified atom stereocenters. The summed E-state index contributed by atoms with van der Waals surface area (Å²) in [6.45, 7) is 6.65. The highest BCUT2D eigenvalue weighted by molar-refractivity contribution is 5.71. The topological polar surface area (TPSA) is 78.9 Å². The fourth-order valence-electron chi connectivity index (χ4n) is 10.1. The third-order valence-electron chi connectivity index (χ3n) is 15.0. The van der Waals surface area contributed by atoms with E-state index < -0.39 is 6.10 Å². The van der Waals surface area contributed by atoms with Crippen molar-refractivity contribution in [3.8, 4) is 0 Å². The van der Waals surface area contributed by atoms with Crippen LogP contribution in [0, 0.1) is 0 Å². The molecule has 6 heteroatoms. The minimum atomic E-state index is -0.768. The number of allylic oxidation sites excluding steroid dienone is 2. The van der Waals surface area contributed by atoms with Crippen molar-refractivity contribution in [2.24, 2.45) is 0 Å². The lowest BCUT2D eigenvalue weighted by atomic mass is 10.0. The molecule has 0 aromatic heterocycles. The standard InChI is InChI=1S/C66H126O6/c1-4-7-10-13-16-19-22-23-24-25-26-27-28-29-30-31-32-33-34-35-36-37-38-39-40-41-42-45-47-50-53-56-59-65(68)71-62-63(72-66(69)60-57-54-51-48-44-21-18-15-12-9-6-3)61-70-64(67)58-55-52-49-46-43-20-17-14-11-8-5-2/h15,18,63H,4-14,16-17,19-62H2,1-3H3/b18-15-. The smallest absolute Gasteiger partial charge is 0.306 e. The van der Waals surface area contributed by atoms with Crippen LogP contribution in [0.1, 0.15) is 374 Å². The van der Waals surface area contributed by atoms with Gasteiger partial charge in [-0.3, -0.25) is 14.4 Å². The van der Waals surface area contributed by atoms with E-state index in [9.17, 15) is 14.4 Å². The average molecular weight is 1020 g/mol. The number of hydrogen-bond acceptors (Lipinski definition) is 6. The number of esters is 3. The Bertz CT molecular complexity index is 1120. The monoisotopic (exact) mass is 1010 g/mol. The second-order valence-corrected chi connectivity index (χ2v) is 22.4. The van der Waals surface area contributed by atoms with Crippen LogP contribution in [0.3, 0.4) is 0 Å². The molecule has 0 fully saturated rings. The molecule has 0 aliphatic heterocycles. The zero-order valence-corrected chi connectivity index (χ0v) is 49.0. The number of carbonyl (C=O) groups is 3. The predicted octanol–water partition coefficient (Wildman–Crippen LogP) is 22.1. The Morgan fingerprint density at radius 3 is 0.736 bits per heavy atom. The van der Waals surface area contributed by atoms with Gasteiger partial charge in [0, 0.05) is 19.3 Å². The Balaban J connectivity index is 3.96. The van der Waals surface area contributed by atoms with Gasteiger partial charge < -0.3 is 14.2 Å². The Morgan fingerprint density at radius 2 is 0.472 bits per heavy atom. The van der Waals surface area contributed by atoms with Gasteiger partial charge in [0.25, 0.3) is 0 Å². The SMILES string of the molecule is CCCC/C=C\CCCCCCCC(=O)OC(COC(=O)CCCCCCCCCCCCC)COC(=O)CCCCCCCCCCCCCCCCCCCCCCCCCCCCCCCCCC. The molecule has 0 bridgehead atoms. The highest BCUT2D eigenvalue weighted by atomic mass is 16.6. The van der Waals surface area contributed by atoms with Gasteiger partial charge in [0.1, 0.15) is 13.2 Å². The normalized spacial score (nSPS) is 12.0. The molecule has 0 N–H and O–H groups in total. The maximum atomic E-state index is 12.8. The van der Waals surface area contributed by atoms with Crippen molar-refractivity contribution in [1.29, 1.82) is 0 Å². The van der Waals surface area contributed by atoms with E-state index in [4.69, 9.17) is 14.2 Å². The fourth-order valence-corrected chi connectivity index (χ4v) is 10.1. The first-order valence-electron chi connectivity index (χ1n) is 32.7. The molecule has 0 saturated heterocycles. The molecule has 0 aromatic carbocycles. The van der Waals surface area contributed by atoms with Crippen molar-refractivity contribution in [3.63, 3.8) is 0 Å². The van der Waals surface area contributed by atoms with Gasteiger partial charge in [-0.15, -0.1) is 0 Å². The lowest BCUT2D eigenvalue weighted by molar-refractivity contribution is -0.167. The number of ether oxygens (including phenoxy) is 3. The number of unbranched alkanes of at least 4 members (excludes halogenated alkanes) is 48. The van der Waals surface area contributed by atoms with E-state index >= 15 is 0 Å². The summed E-state index contributed by atoms with van der Waals surface area (Å²) in [4.78, 5) is 38.1. The summed E-state index contributed by atoms with van der Waals surface area (Å²) in [5.41, 5.74) is 0. The minimum Gasteiger partial charge on any atom is -0.462 e. The van der Waals surface area contributed by atoms with Gasteiger partial charge in [0.2, 0.25) is 0 Å². The summed E-state index contributed by atoms with van der Waals surface area (Å²) in [6, 6.07) is 0. The summed E-state index contributed by atoms with van der Waals surface area (Å²) < 4.78 is 16.9. The Labute approximate surface area is 450 Å². The molecule has 6 nitrogen and oxygen atoms in total. The van der Waals surface area contributed by atoms with Crippen LogP contribution in [0.4, 0.5) is 0 Å². The van der Waals surface area contributed by atoms with Crippen molar-refractivity contribution in [1.82, 2.24) is 0 Å². The number of hydrogen-bond donors (Lipinski definition) is 0. The molecule has 0 saturated carbocycles. The number of rotatable bonds is 61. The Morgan fingerprint density at radius 1 is 0.264 bits per heavy atom. The van der Waals surface area contributed by atoms with Crippen molar-refractivity contribution in [2.45, 2.75) is 380 Å². The molecule has 0 amide bonds. The molecule has 0 radical (unpaired) electrons. The molecule has 426 valence electrons. The summed E-state index contributed by atoms with van der Waals surface area (Å²) in [5.74, 6) is -0.855. The van der Waals surface area contributed by atoms with Crippen molar-refractivity contribution < 1.29 is 28.6 Å². The van der Waals surface area contributed by atoms with E-state index in [0.29, 0.717) is 19.3 Å². The minimum absolute atomic E-state index is 0.0678. The van der Waals surface area contributed by atoms with E-state index in [-0.39, 0.29) is 31.1 Å². The molecule has 0 aliphatic rings. The molecule has 0 spiro atoms. The summed E-state index contributed by atoms with van der Waals surface area (Å²) in [5, 5.41) is 0. The van der Waals surface area contributed by atoms with E-state index in [1.54, 1.807) is 0 Å². The molecule has 0 aromatic rings. The second-order valence-electron chi connectivity index (χ2n) is 22.4. The lowest BCUT2D eigenvalue weighted by Gasteiger charge is -2.18. The lowest BCUT2D eigenvalue weighted by Crippen LogP contribution is -2.30. The second kappa shape index (κ2) is 61.7. The first-order valence-corrected chi connectivity index (χ1v) is 32.7. The third-order valence-corrected chi connectivity index (χ3v) is 15.0. The third kappa shape index (κ3) is 59.0. The van der Waals surface area contributed by atoms with Crippen LogP contribution in [-0.4, -0.2) is 37.2 Å². The van der Waals surface area contributed by atoms with E-state index in [1.807, 2.05) is 0 Å². The van der Waals surface area contributed by atoms with Gasteiger partial charge >= 0.3 is 17.9 Å². The van der Waals surface area contributed by atoms with Gasteiger partial charge in [-0.05, 0) is 38.5 Å². The molecule has 0 aliphatic carbocycles. The number of carbonyl (C=O) groups excluding carboxylic acids is 3. The summed E-state index contributed by atoms with van der Waals surface area (Å²) >= 11 is 0. The van der Waals surface area contributed by atoms with E-state index in [1.165, 1.54) is 270 Å². The van der Waals surface area contributed by atoms with E-state index in [2.05, 4.69) is 32.9 Å². The van der Waals surface area contributed by atoms with Crippen LogP contribution in [0.2, 0.25) is 0 Å². The maximum Gasteiger partial charge on any atom is 0.306 e. The first kappa shape index (κ1) is 70.1. The summed E-state index contributed by atoms with van der Waals surface area (Å²) in [6.07, 6.45) is 72.6. The van der Waals surface area contributed by atoms with Crippen LogP contribution in [0.5, 0.6) is 0 Å². The molecule has 72 heavy (non-hydrogen) atoms. The van der Waals surface area contributed by atoms with Crippen LogP contribution in [0.15, 0.2) is 12.2 Å². The van der Waals surface area contributed by atoms with Crippen LogP contribution in [0.25, 0.3) is 0 Å². The van der Waals surface area contributed by atoms with Crippen LogP contribution >= 0.6 is 0 Å². The highest BCUT2D eigenvalue weighted by Gasteiger charge is 2.19. The van der Waals surface area contributed by atoms with Crippen molar-refractivity contribution in [2.75, 3.05) is 13.2 Å². The van der Waals surface area contributed by atoms with Gasteiger partial charge in [-0.1, -0.05) is 328 Å². The fraction of sp³-hybridized carbons (Fsp3) is 0.924. The zero-order valence-electron chi connectivity index (χ0n) is 49.0. The first-order chi connectivity index (χ1) is 35.5. The quantitative estimate of drug-likeness (QED) is 0.0261. The van der Waals surface area contributed by atoms with Gasteiger partial charge in [-0.25, -0.2) is 0 Å². The Kier molecular flexibility index (Phi) is 60.1. The average Bonchev–Trinajstić information content (AvgIpc) is 3.38. The molecule has 1 atom stereocenters. The van der Waals surface area contributed by atoms with Gasteiger partial charge in [0.05, 0.1) is 0 Å². The van der Waals surface area contributed by atoms with Crippen LogP contribution in [-0.2, 0) is 28.6 Å². The van der Waals surface area contributed by atoms with Crippen LogP contribution < -0.4 is 0 Å². The highest BCUT2D eigenvalue weighted by Crippen LogP contribution is 2.19. The molecule has 0 heterocycles.